The van der Waals surface area contributed by atoms with Gasteiger partial charge in [-0.15, -0.1) is 0 Å². The molecular formula is C15H22N2O3. The van der Waals surface area contributed by atoms with E-state index in [1.807, 2.05) is 25.1 Å². The van der Waals surface area contributed by atoms with Crippen LogP contribution in [0.5, 0.6) is 11.5 Å². The number of carbonyl (C=O) groups excluding carboxylic acids is 1. The van der Waals surface area contributed by atoms with Crippen LogP contribution in [0.2, 0.25) is 0 Å². The Hall–Kier alpha value is -1.75. The normalized spacial score (nSPS) is 15.3. The molecular weight excluding hydrogens is 256 g/mol. The predicted molar refractivity (Wildman–Crippen MR) is 77.2 cm³/mol. The van der Waals surface area contributed by atoms with Crippen molar-refractivity contribution in [2.45, 2.75) is 19.4 Å². The standard InChI is InChI=1S/C15H22N2O3/c1-11(16-10-15(18)17(2)3)12-5-6-13-14(9-12)20-8-4-7-19-13/h5-6,9,11,16H,4,7-8,10H2,1-3H3. The van der Waals surface area contributed by atoms with Crippen molar-refractivity contribution in [1.82, 2.24) is 10.2 Å². The van der Waals surface area contributed by atoms with E-state index in [1.165, 1.54) is 0 Å². The van der Waals surface area contributed by atoms with Crippen molar-refractivity contribution in [1.29, 1.82) is 0 Å². The third-order valence-corrected chi connectivity index (χ3v) is 3.33. The number of rotatable bonds is 4. The Labute approximate surface area is 119 Å². The Balaban J connectivity index is 2.01. The summed E-state index contributed by atoms with van der Waals surface area (Å²) in [5, 5.41) is 3.21. The van der Waals surface area contributed by atoms with Crippen LogP contribution in [-0.2, 0) is 4.79 Å². The second kappa shape index (κ2) is 6.61. The molecule has 0 saturated carbocycles. The molecule has 1 aromatic carbocycles. The van der Waals surface area contributed by atoms with Crippen LogP contribution < -0.4 is 14.8 Å². The zero-order valence-electron chi connectivity index (χ0n) is 12.3. The summed E-state index contributed by atoms with van der Waals surface area (Å²) in [7, 11) is 3.50. The summed E-state index contributed by atoms with van der Waals surface area (Å²) in [5.74, 6) is 1.64. The number of nitrogens with zero attached hydrogens (tertiary/aromatic N) is 1. The molecule has 1 N–H and O–H groups in total. The summed E-state index contributed by atoms with van der Waals surface area (Å²) in [6.45, 7) is 3.72. The first-order chi connectivity index (χ1) is 9.58. The minimum Gasteiger partial charge on any atom is -0.490 e. The number of likely N-dealkylation sites (N-methyl/N-ethyl adjacent to an activating group) is 1. The van der Waals surface area contributed by atoms with Crippen molar-refractivity contribution >= 4 is 5.91 Å². The molecule has 0 bridgehead atoms. The fourth-order valence-electron chi connectivity index (χ4n) is 1.97. The molecule has 5 nitrogen and oxygen atoms in total. The first kappa shape index (κ1) is 14.7. The number of amides is 1. The molecule has 1 aliphatic rings. The van der Waals surface area contributed by atoms with Crippen LogP contribution in [0.1, 0.15) is 24.9 Å². The van der Waals surface area contributed by atoms with Crippen molar-refractivity contribution in [2.75, 3.05) is 33.9 Å². The third-order valence-electron chi connectivity index (χ3n) is 3.33. The highest BCUT2D eigenvalue weighted by Crippen LogP contribution is 2.32. The molecule has 1 amide bonds. The predicted octanol–water partition coefficient (Wildman–Crippen LogP) is 1.59. The highest BCUT2D eigenvalue weighted by molar-refractivity contribution is 5.77. The molecule has 20 heavy (non-hydrogen) atoms. The van der Waals surface area contributed by atoms with Gasteiger partial charge in [0.2, 0.25) is 5.91 Å². The van der Waals surface area contributed by atoms with E-state index in [1.54, 1.807) is 19.0 Å². The zero-order valence-corrected chi connectivity index (χ0v) is 12.3. The van der Waals surface area contributed by atoms with Gasteiger partial charge in [-0.1, -0.05) is 6.07 Å². The summed E-state index contributed by atoms with van der Waals surface area (Å²) < 4.78 is 11.3. The summed E-state index contributed by atoms with van der Waals surface area (Å²) in [6.07, 6.45) is 0.898. The largest absolute Gasteiger partial charge is 0.490 e. The number of nitrogens with one attached hydrogen (secondary N) is 1. The van der Waals surface area contributed by atoms with Crippen LogP contribution >= 0.6 is 0 Å². The monoisotopic (exact) mass is 278 g/mol. The van der Waals surface area contributed by atoms with Crippen molar-refractivity contribution in [3.63, 3.8) is 0 Å². The average molecular weight is 278 g/mol. The number of hydrogen-bond donors (Lipinski definition) is 1. The molecule has 0 aromatic heterocycles. The van der Waals surface area contributed by atoms with Gasteiger partial charge in [0, 0.05) is 26.6 Å². The minimum absolute atomic E-state index is 0.0613. The van der Waals surface area contributed by atoms with E-state index in [0.29, 0.717) is 19.8 Å². The number of hydrogen-bond acceptors (Lipinski definition) is 4. The van der Waals surface area contributed by atoms with Crippen LogP contribution in [0.15, 0.2) is 18.2 Å². The van der Waals surface area contributed by atoms with Crippen LogP contribution in [0.25, 0.3) is 0 Å². The summed E-state index contributed by atoms with van der Waals surface area (Å²) in [5.41, 5.74) is 1.08. The molecule has 5 heteroatoms. The van der Waals surface area contributed by atoms with Crippen molar-refractivity contribution in [3.05, 3.63) is 23.8 Å². The highest BCUT2D eigenvalue weighted by Gasteiger charge is 2.14. The maximum absolute atomic E-state index is 11.6. The quantitative estimate of drug-likeness (QED) is 0.908. The summed E-state index contributed by atoms with van der Waals surface area (Å²) >= 11 is 0. The number of benzene rings is 1. The van der Waals surface area contributed by atoms with E-state index >= 15 is 0 Å². The van der Waals surface area contributed by atoms with Gasteiger partial charge in [-0.3, -0.25) is 4.79 Å². The Kier molecular flexibility index (Phi) is 4.84. The fraction of sp³-hybridized carbons (Fsp3) is 0.533. The molecule has 0 spiro atoms. The highest BCUT2D eigenvalue weighted by atomic mass is 16.5. The molecule has 1 atom stereocenters. The van der Waals surface area contributed by atoms with Crippen LogP contribution in [0.4, 0.5) is 0 Å². The molecule has 0 saturated heterocycles. The fourth-order valence-corrected chi connectivity index (χ4v) is 1.97. The topological polar surface area (TPSA) is 50.8 Å². The van der Waals surface area contributed by atoms with Gasteiger partial charge in [-0.2, -0.15) is 0 Å². The van der Waals surface area contributed by atoms with E-state index in [4.69, 9.17) is 9.47 Å². The van der Waals surface area contributed by atoms with Gasteiger partial charge in [0.25, 0.3) is 0 Å². The number of ether oxygens (including phenoxy) is 2. The van der Waals surface area contributed by atoms with Gasteiger partial charge in [0.05, 0.1) is 19.8 Å². The molecule has 0 aliphatic carbocycles. The number of fused-ring (bicyclic) bond motifs is 1. The molecule has 110 valence electrons. The van der Waals surface area contributed by atoms with E-state index < -0.39 is 0 Å². The Morgan fingerprint density at radius 3 is 2.70 bits per heavy atom. The smallest absolute Gasteiger partial charge is 0.236 e. The molecule has 0 radical (unpaired) electrons. The SMILES string of the molecule is CC(NCC(=O)N(C)C)c1ccc2c(c1)OCCCO2. The first-order valence-electron chi connectivity index (χ1n) is 6.91. The van der Waals surface area contributed by atoms with Crippen molar-refractivity contribution < 1.29 is 14.3 Å². The second-order valence-electron chi connectivity index (χ2n) is 5.15. The Morgan fingerprint density at radius 2 is 2.00 bits per heavy atom. The van der Waals surface area contributed by atoms with E-state index in [2.05, 4.69) is 5.32 Å². The average Bonchev–Trinajstić information content (AvgIpc) is 2.68. The van der Waals surface area contributed by atoms with Gasteiger partial charge in [-0.25, -0.2) is 0 Å². The molecule has 1 unspecified atom stereocenters. The lowest BCUT2D eigenvalue weighted by molar-refractivity contribution is -0.127. The second-order valence-corrected chi connectivity index (χ2v) is 5.15. The van der Waals surface area contributed by atoms with Crippen LogP contribution in [-0.4, -0.2) is 44.7 Å². The summed E-state index contributed by atoms with van der Waals surface area (Å²) in [6, 6.07) is 6.00. The zero-order chi connectivity index (χ0) is 14.5. The van der Waals surface area contributed by atoms with Crippen molar-refractivity contribution in [2.24, 2.45) is 0 Å². The molecule has 1 aromatic rings. The maximum Gasteiger partial charge on any atom is 0.236 e. The summed E-state index contributed by atoms with van der Waals surface area (Å²) in [4.78, 5) is 13.2. The molecule has 1 aliphatic heterocycles. The van der Waals surface area contributed by atoms with Gasteiger partial charge in [0.1, 0.15) is 0 Å². The van der Waals surface area contributed by atoms with Gasteiger partial charge in [-0.05, 0) is 24.6 Å². The van der Waals surface area contributed by atoms with Gasteiger partial charge in [0.15, 0.2) is 11.5 Å². The minimum atomic E-state index is 0.0613. The van der Waals surface area contributed by atoms with E-state index in [9.17, 15) is 4.79 Å². The van der Waals surface area contributed by atoms with E-state index in [-0.39, 0.29) is 11.9 Å². The molecule has 2 rings (SSSR count). The lowest BCUT2D eigenvalue weighted by Crippen LogP contribution is -2.34. The third kappa shape index (κ3) is 3.63. The van der Waals surface area contributed by atoms with E-state index in [0.717, 1.165) is 23.5 Å². The maximum atomic E-state index is 11.6. The number of carbonyl (C=O) groups is 1. The lowest BCUT2D eigenvalue weighted by atomic mass is 10.1. The van der Waals surface area contributed by atoms with Gasteiger partial charge < -0.3 is 19.7 Å². The van der Waals surface area contributed by atoms with Crippen LogP contribution in [0.3, 0.4) is 0 Å². The lowest BCUT2D eigenvalue weighted by Gasteiger charge is -2.17. The first-order valence-corrected chi connectivity index (χ1v) is 6.91. The van der Waals surface area contributed by atoms with Crippen LogP contribution in [0, 0.1) is 0 Å². The van der Waals surface area contributed by atoms with Gasteiger partial charge >= 0.3 is 0 Å². The van der Waals surface area contributed by atoms with Crippen molar-refractivity contribution in [3.8, 4) is 11.5 Å². The Bertz CT molecular complexity index is 474. The molecule has 1 heterocycles. The molecule has 0 fully saturated rings. The Morgan fingerprint density at radius 1 is 1.30 bits per heavy atom.